The summed E-state index contributed by atoms with van der Waals surface area (Å²) >= 11 is 0. The van der Waals surface area contributed by atoms with Crippen molar-refractivity contribution in [2.75, 3.05) is 26.1 Å². The van der Waals surface area contributed by atoms with Crippen molar-refractivity contribution in [2.24, 2.45) is 0 Å². The second-order valence-corrected chi connectivity index (χ2v) is 8.89. The maximum Gasteiger partial charge on any atom is 0.422 e. The molecule has 2 aromatic heterocycles. The summed E-state index contributed by atoms with van der Waals surface area (Å²) in [6.07, 6.45) is -2.71. The van der Waals surface area contributed by atoms with E-state index in [-0.39, 0.29) is 18.0 Å². The Balaban J connectivity index is 1.55. The highest BCUT2D eigenvalue weighted by atomic mass is 19.4. The topological polar surface area (TPSA) is 117 Å². The number of halogens is 3. The van der Waals surface area contributed by atoms with E-state index in [0.717, 1.165) is 10.9 Å². The summed E-state index contributed by atoms with van der Waals surface area (Å²) in [6, 6.07) is 10.1. The number of aliphatic hydroxyl groups excluding tert-OH is 1. The smallest absolute Gasteiger partial charge is 0.422 e. The molecule has 0 saturated carbocycles. The monoisotopic (exact) mass is 560 g/mol. The number of ether oxygens (including phenoxy) is 4. The number of aliphatic hydroxyl groups is 1. The molecule has 2 N–H and O–H groups in total. The first-order valence-corrected chi connectivity index (χ1v) is 12.0. The van der Waals surface area contributed by atoms with Crippen LogP contribution in [0.15, 0.2) is 48.8 Å². The van der Waals surface area contributed by atoms with Crippen LogP contribution in [-0.4, -0.2) is 58.9 Å². The number of aryl methyl sites for hydroxylation is 1. The number of hydrogen-bond donors (Lipinski definition) is 2. The van der Waals surface area contributed by atoms with Crippen LogP contribution < -0.4 is 24.3 Å². The number of fused-ring (bicyclic) bond motifs is 1. The zero-order valence-corrected chi connectivity index (χ0v) is 22.1. The lowest BCUT2D eigenvalue weighted by atomic mass is 10.1. The van der Waals surface area contributed by atoms with E-state index in [1.165, 1.54) is 21.1 Å². The largest absolute Gasteiger partial charge is 0.493 e. The highest BCUT2D eigenvalue weighted by Crippen LogP contribution is 2.37. The Morgan fingerprint density at radius 3 is 2.42 bits per heavy atom. The van der Waals surface area contributed by atoms with Gasteiger partial charge in [0.05, 0.1) is 38.6 Å². The van der Waals surface area contributed by atoms with Crippen LogP contribution in [0.1, 0.15) is 23.0 Å². The Morgan fingerprint density at radius 2 is 1.77 bits per heavy atom. The van der Waals surface area contributed by atoms with E-state index >= 15 is 0 Å². The maximum absolute atomic E-state index is 12.9. The number of anilines is 1. The van der Waals surface area contributed by atoms with Gasteiger partial charge in [0.15, 0.2) is 29.5 Å². The third kappa shape index (κ3) is 6.72. The molecule has 4 rings (SSSR count). The Bertz CT molecular complexity index is 1520. The number of hydrogen-bond acceptors (Lipinski definition) is 8. The minimum atomic E-state index is -4.61. The van der Waals surface area contributed by atoms with Crippen molar-refractivity contribution in [1.29, 1.82) is 0 Å². The van der Waals surface area contributed by atoms with E-state index in [1.54, 1.807) is 49.5 Å². The summed E-state index contributed by atoms with van der Waals surface area (Å²) in [5, 5.41) is 16.9. The van der Waals surface area contributed by atoms with Gasteiger partial charge in [-0.3, -0.25) is 14.5 Å². The van der Waals surface area contributed by atoms with Crippen LogP contribution in [0.25, 0.3) is 10.9 Å². The lowest BCUT2D eigenvalue weighted by molar-refractivity contribution is -0.153. The number of rotatable bonds is 10. The molecule has 1 atom stereocenters. The summed E-state index contributed by atoms with van der Waals surface area (Å²) in [7, 11) is 3.06. The van der Waals surface area contributed by atoms with Crippen molar-refractivity contribution in [2.45, 2.75) is 32.7 Å². The number of alkyl halides is 3. The van der Waals surface area contributed by atoms with Crippen molar-refractivity contribution < 1.29 is 42.0 Å². The third-order valence-electron chi connectivity index (χ3n) is 5.65. The number of aromatic nitrogens is 3. The molecule has 1 amide bonds. The molecule has 40 heavy (non-hydrogen) atoms. The van der Waals surface area contributed by atoms with Gasteiger partial charge in [0, 0.05) is 23.3 Å². The van der Waals surface area contributed by atoms with Gasteiger partial charge in [-0.05, 0) is 49.7 Å². The van der Waals surface area contributed by atoms with E-state index in [9.17, 15) is 23.1 Å². The average Bonchev–Trinajstić information content (AvgIpc) is 3.30. The zero-order chi connectivity index (χ0) is 29.0. The fraction of sp³-hybridized carbons (Fsp3) is 0.296. The number of carbonyl (C=O) groups is 1. The van der Waals surface area contributed by atoms with Gasteiger partial charge < -0.3 is 29.4 Å². The van der Waals surface area contributed by atoms with Crippen molar-refractivity contribution in [1.82, 2.24) is 14.8 Å². The molecule has 0 fully saturated rings. The van der Waals surface area contributed by atoms with E-state index < -0.39 is 24.8 Å². The van der Waals surface area contributed by atoms with Crippen molar-refractivity contribution in [3.8, 4) is 28.7 Å². The zero-order valence-electron chi connectivity index (χ0n) is 22.1. The Labute approximate surface area is 227 Å². The van der Waals surface area contributed by atoms with Gasteiger partial charge in [-0.25, -0.2) is 0 Å². The highest BCUT2D eigenvalue weighted by molar-refractivity contribution is 6.04. The first kappa shape index (κ1) is 28.5. The molecule has 0 radical (unpaired) electrons. The predicted octanol–water partition coefficient (Wildman–Crippen LogP) is 5.12. The predicted molar refractivity (Wildman–Crippen MR) is 140 cm³/mol. The quantitative estimate of drug-likeness (QED) is 0.275. The van der Waals surface area contributed by atoms with Gasteiger partial charge in [-0.1, -0.05) is 0 Å². The van der Waals surface area contributed by atoms with Crippen LogP contribution in [0, 0.1) is 6.92 Å². The van der Waals surface area contributed by atoms with E-state index in [2.05, 4.69) is 15.4 Å². The number of methoxy groups -OCH3 is 2. The number of nitrogens with one attached hydrogen (secondary N) is 1. The summed E-state index contributed by atoms with van der Waals surface area (Å²) in [5.74, 6) is 0.909. The number of amides is 1. The van der Waals surface area contributed by atoms with Crippen LogP contribution in [0.2, 0.25) is 0 Å². The summed E-state index contributed by atoms with van der Waals surface area (Å²) in [5.41, 5.74) is 1.30. The Kier molecular flexibility index (Phi) is 8.33. The fourth-order valence-electron chi connectivity index (χ4n) is 3.88. The molecule has 2 heterocycles. The first-order chi connectivity index (χ1) is 19.0. The fourth-order valence-corrected chi connectivity index (χ4v) is 3.88. The molecule has 0 bridgehead atoms. The Morgan fingerprint density at radius 1 is 1.05 bits per heavy atom. The number of benzene rings is 2. The minimum Gasteiger partial charge on any atom is -0.493 e. The van der Waals surface area contributed by atoms with Gasteiger partial charge >= 0.3 is 6.18 Å². The van der Waals surface area contributed by atoms with Crippen molar-refractivity contribution >= 4 is 22.5 Å². The second-order valence-electron chi connectivity index (χ2n) is 8.89. The van der Waals surface area contributed by atoms with E-state index in [1.807, 2.05) is 0 Å². The average molecular weight is 561 g/mol. The molecular weight excluding hydrogens is 533 g/mol. The van der Waals surface area contributed by atoms with Crippen molar-refractivity contribution in [3.63, 3.8) is 0 Å². The molecule has 0 spiro atoms. The molecule has 2 aromatic carbocycles. The van der Waals surface area contributed by atoms with Crippen LogP contribution in [-0.2, 0) is 6.54 Å². The molecule has 10 nitrogen and oxygen atoms in total. The second kappa shape index (κ2) is 11.7. The number of pyridine rings is 1. The molecule has 4 aromatic rings. The van der Waals surface area contributed by atoms with Crippen LogP contribution in [0.3, 0.4) is 0 Å². The molecule has 0 aliphatic heterocycles. The van der Waals surface area contributed by atoms with Gasteiger partial charge in [0.2, 0.25) is 0 Å². The molecule has 0 saturated heterocycles. The summed E-state index contributed by atoms with van der Waals surface area (Å²) < 4.78 is 61.0. The Hall–Kier alpha value is -4.52. The lowest BCUT2D eigenvalue weighted by Crippen LogP contribution is -2.21. The molecule has 212 valence electrons. The van der Waals surface area contributed by atoms with Crippen LogP contribution >= 0.6 is 0 Å². The SMILES string of the molecule is COc1cc2nccc(Oc3ccc(NC(=O)c4nn(CC(C)O)cc4OCC(F)(F)F)cc3C)c2cc1OC. The standard InChI is InChI=1S/C27H27F3N4O6/c1-15-9-17(32-26(36)25-24(39-14-27(28,29)30)13-34(33-25)12-16(2)35)5-6-20(15)40-21-7-8-31-19-11-23(38-4)22(37-3)10-18(19)21/h5-11,13,16,35H,12,14H2,1-4H3,(H,32,36). The van der Waals surface area contributed by atoms with E-state index in [4.69, 9.17) is 18.9 Å². The molecule has 0 aliphatic rings. The van der Waals surface area contributed by atoms with Gasteiger partial charge in [-0.2, -0.15) is 18.3 Å². The van der Waals surface area contributed by atoms with Gasteiger partial charge in [0.25, 0.3) is 5.91 Å². The van der Waals surface area contributed by atoms with Gasteiger partial charge in [-0.15, -0.1) is 0 Å². The van der Waals surface area contributed by atoms with Gasteiger partial charge in [0.1, 0.15) is 11.5 Å². The van der Waals surface area contributed by atoms with E-state index in [0.29, 0.717) is 45.2 Å². The van der Waals surface area contributed by atoms with Crippen LogP contribution in [0.5, 0.6) is 28.7 Å². The highest BCUT2D eigenvalue weighted by Gasteiger charge is 2.30. The first-order valence-electron chi connectivity index (χ1n) is 12.0. The minimum absolute atomic E-state index is 0.0385. The third-order valence-corrected chi connectivity index (χ3v) is 5.65. The normalized spacial score (nSPS) is 12.2. The molecular formula is C27H27F3N4O6. The van der Waals surface area contributed by atoms with Crippen LogP contribution in [0.4, 0.5) is 18.9 Å². The molecule has 1 unspecified atom stereocenters. The number of nitrogens with zero attached hydrogens (tertiary/aromatic N) is 3. The molecule has 0 aliphatic carbocycles. The summed E-state index contributed by atoms with van der Waals surface area (Å²) in [4.78, 5) is 17.3. The van der Waals surface area contributed by atoms with Crippen molar-refractivity contribution in [3.05, 3.63) is 60.0 Å². The summed E-state index contributed by atoms with van der Waals surface area (Å²) in [6.45, 7) is 1.61. The lowest BCUT2D eigenvalue weighted by Gasteiger charge is -2.14. The number of carbonyl (C=O) groups excluding carboxylic acids is 1. The maximum atomic E-state index is 12.9. The molecule has 13 heteroatoms.